The number of nitro benzene ring substituents is 1. The number of amides is 1. The Morgan fingerprint density at radius 1 is 1.32 bits per heavy atom. The fourth-order valence-corrected chi connectivity index (χ4v) is 1.92. The van der Waals surface area contributed by atoms with Gasteiger partial charge in [-0.2, -0.15) is 0 Å². The van der Waals surface area contributed by atoms with Gasteiger partial charge in [-0.25, -0.2) is 0 Å². The van der Waals surface area contributed by atoms with E-state index < -0.39 is 4.92 Å². The summed E-state index contributed by atoms with van der Waals surface area (Å²) in [5.41, 5.74) is 5.65. The first-order valence-corrected chi connectivity index (χ1v) is 6.35. The summed E-state index contributed by atoms with van der Waals surface area (Å²) >= 11 is 0. The first-order chi connectivity index (χ1) is 9.02. The monoisotopic (exact) mass is 265 g/mol. The molecule has 0 aliphatic rings. The fourth-order valence-electron chi connectivity index (χ4n) is 1.92. The number of nitro groups is 1. The number of para-hydroxylation sites is 1. The molecular formula is C13H19N3O3. The molecule has 6 heteroatoms. The van der Waals surface area contributed by atoms with E-state index in [9.17, 15) is 14.9 Å². The summed E-state index contributed by atoms with van der Waals surface area (Å²) in [5, 5.41) is 10.8. The van der Waals surface area contributed by atoms with E-state index in [1.54, 1.807) is 4.90 Å². The number of hydrogen-bond donors (Lipinski definition) is 1. The lowest BCUT2D eigenvalue weighted by molar-refractivity contribution is -0.383. The van der Waals surface area contributed by atoms with Gasteiger partial charge in [-0.05, 0) is 18.9 Å². The Bertz CT molecular complexity index is 468. The fraction of sp³-hybridized carbons (Fsp3) is 0.462. The Kier molecular flexibility index (Phi) is 5.29. The predicted octanol–water partition coefficient (Wildman–Crippen LogP) is 2.44. The molecular weight excluding hydrogens is 246 g/mol. The van der Waals surface area contributed by atoms with Gasteiger partial charge in [-0.3, -0.25) is 14.9 Å². The maximum atomic E-state index is 12.3. The average Bonchev–Trinajstić information content (AvgIpc) is 2.37. The lowest BCUT2D eigenvalue weighted by Crippen LogP contribution is -2.33. The maximum absolute atomic E-state index is 12.3. The van der Waals surface area contributed by atoms with Crippen LogP contribution in [0.15, 0.2) is 18.2 Å². The summed E-state index contributed by atoms with van der Waals surface area (Å²) in [7, 11) is 0. The third kappa shape index (κ3) is 3.43. The summed E-state index contributed by atoms with van der Waals surface area (Å²) < 4.78 is 0. The molecule has 0 aliphatic carbocycles. The number of carbonyl (C=O) groups is 1. The Morgan fingerprint density at radius 3 is 2.37 bits per heavy atom. The van der Waals surface area contributed by atoms with E-state index in [4.69, 9.17) is 5.73 Å². The standard InChI is InChI=1S/C13H19N3O3/c1-3-8-15(9-4-2)13(17)10-6-5-7-11(12(10)14)16(18)19/h5-7H,3-4,8-9,14H2,1-2H3. The Hall–Kier alpha value is -2.11. The van der Waals surface area contributed by atoms with Crippen molar-refractivity contribution in [3.05, 3.63) is 33.9 Å². The van der Waals surface area contributed by atoms with Crippen LogP contribution in [0, 0.1) is 10.1 Å². The number of hydrogen-bond acceptors (Lipinski definition) is 4. The Labute approximate surface area is 112 Å². The van der Waals surface area contributed by atoms with Gasteiger partial charge in [-0.15, -0.1) is 0 Å². The Morgan fingerprint density at radius 2 is 1.89 bits per heavy atom. The second-order valence-electron chi connectivity index (χ2n) is 4.29. The summed E-state index contributed by atoms with van der Waals surface area (Å²) in [6.07, 6.45) is 1.67. The smallest absolute Gasteiger partial charge is 0.292 e. The minimum atomic E-state index is -0.573. The molecule has 104 valence electrons. The van der Waals surface area contributed by atoms with Crippen LogP contribution in [-0.4, -0.2) is 28.8 Å². The van der Waals surface area contributed by atoms with Crippen molar-refractivity contribution >= 4 is 17.3 Å². The SMILES string of the molecule is CCCN(CCC)C(=O)c1cccc([N+](=O)[O-])c1N. The van der Waals surface area contributed by atoms with Crippen LogP contribution in [-0.2, 0) is 0 Å². The van der Waals surface area contributed by atoms with Crippen LogP contribution in [0.25, 0.3) is 0 Å². The normalized spacial score (nSPS) is 10.2. The highest BCUT2D eigenvalue weighted by Crippen LogP contribution is 2.25. The summed E-state index contributed by atoms with van der Waals surface area (Å²) in [4.78, 5) is 24.3. The van der Waals surface area contributed by atoms with Crippen molar-refractivity contribution < 1.29 is 9.72 Å². The molecule has 0 heterocycles. The minimum Gasteiger partial charge on any atom is -0.393 e. The van der Waals surface area contributed by atoms with Crippen molar-refractivity contribution in [3.63, 3.8) is 0 Å². The van der Waals surface area contributed by atoms with Gasteiger partial charge in [0.05, 0.1) is 10.5 Å². The lowest BCUT2D eigenvalue weighted by Gasteiger charge is -2.22. The van der Waals surface area contributed by atoms with Gasteiger partial charge in [0, 0.05) is 19.2 Å². The van der Waals surface area contributed by atoms with Crippen LogP contribution in [0.2, 0.25) is 0 Å². The highest BCUT2D eigenvalue weighted by Gasteiger charge is 2.22. The van der Waals surface area contributed by atoms with E-state index in [1.165, 1.54) is 18.2 Å². The van der Waals surface area contributed by atoms with Gasteiger partial charge in [0.15, 0.2) is 0 Å². The molecule has 0 bridgehead atoms. The van der Waals surface area contributed by atoms with Gasteiger partial charge in [0.25, 0.3) is 11.6 Å². The zero-order valence-electron chi connectivity index (χ0n) is 11.3. The molecule has 6 nitrogen and oxygen atoms in total. The number of rotatable bonds is 6. The van der Waals surface area contributed by atoms with Crippen LogP contribution < -0.4 is 5.73 Å². The summed E-state index contributed by atoms with van der Waals surface area (Å²) in [5.74, 6) is -0.245. The third-order valence-electron chi connectivity index (χ3n) is 2.78. The molecule has 1 rings (SSSR count). The molecule has 0 aliphatic heterocycles. The third-order valence-corrected chi connectivity index (χ3v) is 2.78. The van der Waals surface area contributed by atoms with Crippen LogP contribution in [0.3, 0.4) is 0 Å². The summed E-state index contributed by atoms with van der Waals surface area (Å²) in [6.45, 7) is 5.20. The lowest BCUT2D eigenvalue weighted by atomic mass is 10.1. The van der Waals surface area contributed by atoms with E-state index in [0.29, 0.717) is 13.1 Å². The van der Waals surface area contributed by atoms with Gasteiger partial charge < -0.3 is 10.6 Å². The van der Waals surface area contributed by atoms with Crippen molar-refractivity contribution in [3.8, 4) is 0 Å². The van der Waals surface area contributed by atoms with Crippen molar-refractivity contribution in [2.75, 3.05) is 18.8 Å². The van der Waals surface area contributed by atoms with Crippen LogP contribution in [0.1, 0.15) is 37.0 Å². The van der Waals surface area contributed by atoms with E-state index in [0.717, 1.165) is 12.8 Å². The number of benzene rings is 1. The van der Waals surface area contributed by atoms with Crippen molar-refractivity contribution in [1.82, 2.24) is 4.90 Å². The van der Waals surface area contributed by atoms with E-state index in [1.807, 2.05) is 13.8 Å². The molecule has 0 fully saturated rings. The number of nitrogens with two attached hydrogens (primary N) is 1. The van der Waals surface area contributed by atoms with Gasteiger partial charge >= 0.3 is 0 Å². The number of anilines is 1. The Balaban J connectivity index is 3.10. The zero-order valence-corrected chi connectivity index (χ0v) is 11.3. The van der Waals surface area contributed by atoms with Gasteiger partial charge in [0.1, 0.15) is 5.69 Å². The molecule has 0 aromatic heterocycles. The molecule has 1 amide bonds. The molecule has 0 radical (unpaired) electrons. The second kappa shape index (κ2) is 6.72. The van der Waals surface area contributed by atoms with Crippen LogP contribution in [0.5, 0.6) is 0 Å². The summed E-state index contributed by atoms with van der Waals surface area (Å²) in [6, 6.07) is 4.32. The second-order valence-corrected chi connectivity index (χ2v) is 4.29. The number of carbonyl (C=O) groups excluding carboxylic acids is 1. The molecule has 0 atom stereocenters. The maximum Gasteiger partial charge on any atom is 0.292 e. The van der Waals surface area contributed by atoms with Crippen LogP contribution in [0.4, 0.5) is 11.4 Å². The number of nitrogens with zero attached hydrogens (tertiary/aromatic N) is 2. The number of nitrogen functional groups attached to an aromatic ring is 1. The minimum absolute atomic E-state index is 0.0605. The molecule has 2 N–H and O–H groups in total. The van der Waals surface area contributed by atoms with Crippen molar-refractivity contribution in [2.24, 2.45) is 0 Å². The highest BCUT2D eigenvalue weighted by molar-refractivity contribution is 6.01. The zero-order chi connectivity index (χ0) is 14.4. The topological polar surface area (TPSA) is 89.5 Å². The average molecular weight is 265 g/mol. The largest absolute Gasteiger partial charge is 0.393 e. The van der Waals surface area contributed by atoms with E-state index in [-0.39, 0.29) is 22.8 Å². The van der Waals surface area contributed by atoms with E-state index >= 15 is 0 Å². The van der Waals surface area contributed by atoms with E-state index in [2.05, 4.69) is 0 Å². The van der Waals surface area contributed by atoms with Crippen LogP contribution >= 0.6 is 0 Å². The first kappa shape index (κ1) is 14.9. The molecule has 19 heavy (non-hydrogen) atoms. The van der Waals surface area contributed by atoms with Crippen molar-refractivity contribution in [2.45, 2.75) is 26.7 Å². The molecule has 1 aromatic rings. The molecule has 0 unspecified atom stereocenters. The molecule has 0 saturated carbocycles. The molecule has 1 aromatic carbocycles. The van der Waals surface area contributed by atoms with Gasteiger partial charge in [0.2, 0.25) is 0 Å². The molecule has 0 saturated heterocycles. The highest BCUT2D eigenvalue weighted by atomic mass is 16.6. The molecule has 0 spiro atoms. The quantitative estimate of drug-likeness (QED) is 0.486. The van der Waals surface area contributed by atoms with Gasteiger partial charge in [-0.1, -0.05) is 19.9 Å². The van der Waals surface area contributed by atoms with Crippen molar-refractivity contribution in [1.29, 1.82) is 0 Å². The predicted molar refractivity (Wildman–Crippen MR) is 74.0 cm³/mol. The first-order valence-electron chi connectivity index (χ1n) is 6.35.